The van der Waals surface area contributed by atoms with Gasteiger partial charge in [-0.3, -0.25) is 0 Å². The van der Waals surface area contributed by atoms with Crippen LogP contribution in [0, 0.1) is 5.92 Å². The maximum absolute atomic E-state index is 6.44. The Balaban J connectivity index is 1.98. The fourth-order valence-electron chi connectivity index (χ4n) is 2.58. The fourth-order valence-corrected chi connectivity index (χ4v) is 2.90. The minimum Gasteiger partial charge on any atom is -0.370 e. The molecule has 1 N–H and O–H groups in total. The van der Waals surface area contributed by atoms with Gasteiger partial charge in [-0.1, -0.05) is 31.5 Å². The Kier molecular flexibility index (Phi) is 5.53. The molecule has 2 nitrogen and oxygen atoms in total. The van der Waals surface area contributed by atoms with E-state index in [-0.39, 0.29) is 0 Å². The standard InChI is InChI=1S/C16H25ClN2/c1-3-8-18-12-14-4-5-16(15(17)11-14)19-9-6-13(2)7-10-19/h4-5,11,13,18H,3,6-10,12H2,1-2H3. The van der Waals surface area contributed by atoms with Gasteiger partial charge in [-0.25, -0.2) is 0 Å². The fraction of sp³-hybridized carbons (Fsp3) is 0.625. The molecule has 19 heavy (non-hydrogen) atoms. The lowest BCUT2D eigenvalue weighted by molar-refractivity contribution is 0.438. The Hall–Kier alpha value is -0.730. The minimum atomic E-state index is 0.854. The predicted molar refractivity (Wildman–Crippen MR) is 84.1 cm³/mol. The molecule has 0 spiro atoms. The van der Waals surface area contributed by atoms with Crippen LogP contribution in [0.3, 0.4) is 0 Å². The highest BCUT2D eigenvalue weighted by Crippen LogP contribution is 2.30. The number of nitrogens with zero attached hydrogens (tertiary/aromatic N) is 1. The van der Waals surface area contributed by atoms with Gasteiger partial charge in [0.25, 0.3) is 0 Å². The van der Waals surface area contributed by atoms with Gasteiger partial charge in [-0.15, -0.1) is 0 Å². The molecule has 1 heterocycles. The van der Waals surface area contributed by atoms with Crippen molar-refractivity contribution in [2.75, 3.05) is 24.5 Å². The van der Waals surface area contributed by atoms with Crippen LogP contribution in [0.5, 0.6) is 0 Å². The second-order valence-electron chi connectivity index (χ2n) is 5.63. The number of hydrogen-bond donors (Lipinski definition) is 1. The van der Waals surface area contributed by atoms with Crippen molar-refractivity contribution >= 4 is 17.3 Å². The van der Waals surface area contributed by atoms with E-state index in [0.29, 0.717) is 0 Å². The monoisotopic (exact) mass is 280 g/mol. The van der Waals surface area contributed by atoms with E-state index in [9.17, 15) is 0 Å². The van der Waals surface area contributed by atoms with E-state index in [2.05, 4.69) is 42.3 Å². The van der Waals surface area contributed by atoms with Gasteiger partial charge in [-0.05, 0) is 49.4 Å². The van der Waals surface area contributed by atoms with Gasteiger partial charge in [0.05, 0.1) is 10.7 Å². The number of anilines is 1. The van der Waals surface area contributed by atoms with Crippen LogP contribution in [-0.2, 0) is 6.54 Å². The number of rotatable bonds is 5. The summed E-state index contributed by atoms with van der Waals surface area (Å²) in [6.45, 7) is 8.75. The van der Waals surface area contributed by atoms with Crippen LogP contribution in [0.2, 0.25) is 5.02 Å². The van der Waals surface area contributed by atoms with Gasteiger partial charge in [0.1, 0.15) is 0 Å². The van der Waals surface area contributed by atoms with Crippen molar-refractivity contribution in [2.24, 2.45) is 5.92 Å². The first-order valence-electron chi connectivity index (χ1n) is 7.44. The topological polar surface area (TPSA) is 15.3 Å². The van der Waals surface area contributed by atoms with E-state index in [1.54, 1.807) is 0 Å². The summed E-state index contributed by atoms with van der Waals surface area (Å²) < 4.78 is 0. The van der Waals surface area contributed by atoms with Crippen molar-refractivity contribution in [3.63, 3.8) is 0 Å². The van der Waals surface area contributed by atoms with E-state index in [0.717, 1.165) is 43.5 Å². The van der Waals surface area contributed by atoms with Crippen molar-refractivity contribution in [1.82, 2.24) is 5.32 Å². The average molecular weight is 281 g/mol. The molecular weight excluding hydrogens is 256 g/mol. The molecule has 1 saturated heterocycles. The number of benzene rings is 1. The first kappa shape index (κ1) is 14.7. The summed E-state index contributed by atoms with van der Waals surface area (Å²) in [7, 11) is 0. The largest absolute Gasteiger partial charge is 0.370 e. The highest BCUT2D eigenvalue weighted by atomic mass is 35.5. The third-order valence-corrected chi connectivity index (χ3v) is 4.20. The third kappa shape index (κ3) is 4.12. The lowest BCUT2D eigenvalue weighted by Gasteiger charge is -2.32. The molecule has 0 aliphatic carbocycles. The maximum atomic E-state index is 6.44. The zero-order chi connectivity index (χ0) is 13.7. The van der Waals surface area contributed by atoms with Crippen LogP contribution in [0.1, 0.15) is 38.7 Å². The highest BCUT2D eigenvalue weighted by molar-refractivity contribution is 6.33. The Morgan fingerprint density at radius 1 is 1.32 bits per heavy atom. The number of piperidine rings is 1. The SMILES string of the molecule is CCCNCc1ccc(N2CCC(C)CC2)c(Cl)c1. The Morgan fingerprint density at radius 2 is 2.05 bits per heavy atom. The number of hydrogen-bond acceptors (Lipinski definition) is 2. The average Bonchev–Trinajstić information content (AvgIpc) is 2.41. The van der Waals surface area contributed by atoms with Crippen LogP contribution in [-0.4, -0.2) is 19.6 Å². The molecular formula is C16H25ClN2. The summed E-state index contributed by atoms with van der Waals surface area (Å²) in [5, 5.41) is 4.30. The molecule has 0 saturated carbocycles. The van der Waals surface area contributed by atoms with Crippen LogP contribution in [0.25, 0.3) is 0 Å². The second kappa shape index (κ2) is 7.16. The van der Waals surface area contributed by atoms with Gasteiger partial charge in [0.2, 0.25) is 0 Å². The summed E-state index contributed by atoms with van der Waals surface area (Å²) in [6, 6.07) is 6.49. The molecule has 0 radical (unpaired) electrons. The van der Waals surface area contributed by atoms with Gasteiger partial charge >= 0.3 is 0 Å². The molecule has 2 rings (SSSR count). The van der Waals surface area contributed by atoms with E-state index in [1.165, 1.54) is 24.1 Å². The van der Waals surface area contributed by atoms with Crippen LogP contribution < -0.4 is 10.2 Å². The van der Waals surface area contributed by atoms with Crippen molar-refractivity contribution in [1.29, 1.82) is 0 Å². The summed E-state index contributed by atoms with van der Waals surface area (Å²) in [5.41, 5.74) is 2.47. The molecule has 0 aromatic heterocycles. The molecule has 1 aromatic carbocycles. The van der Waals surface area contributed by atoms with Gasteiger partial charge in [0.15, 0.2) is 0 Å². The maximum Gasteiger partial charge on any atom is 0.0642 e. The van der Waals surface area contributed by atoms with Gasteiger partial charge < -0.3 is 10.2 Å². The Morgan fingerprint density at radius 3 is 2.68 bits per heavy atom. The summed E-state index contributed by atoms with van der Waals surface area (Å²) >= 11 is 6.44. The zero-order valence-corrected chi connectivity index (χ0v) is 12.8. The molecule has 106 valence electrons. The molecule has 3 heteroatoms. The Bertz CT molecular complexity index is 398. The van der Waals surface area contributed by atoms with Crippen LogP contribution >= 0.6 is 11.6 Å². The van der Waals surface area contributed by atoms with E-state index < -0.39 is 0 Å². The normalized spacial score (nSPS) is 16.9. The molecule has 1 aromatic rings. The highest BCUT2D eigenvalue weighted by Gasteiger charge is 2.17. The molecule has 0 amide bonds. The first-order valence-corrected chi connectivity index (χ1v) is 7.82. The van der Waals surface area contributed by atoms with Crippen molar-refractivity contribution in [2.45, 2.75) is 39.7 Å². The third-order valence-electron chi connectivity index (χ3n) is 3.89. The molecule has 1 aliphatic rings. The zero-order valence-electron chi connectivity index (χ0n) is 12.1. The molecule has 1 aliphatic heterocycles. The number of halogens is 1. The summed E-state index contributed by atoms with van der Waals surface area (Å²) in [5.74, 6) is 0.854. The first-order chi connectivity index (χ1) is 9.20. The predicted octanol–water partition coefficient (Wildman–Crippen LogP) is 4.08. The number of nitrogens with one attached hydrogen (secondary N) is 1. The smallest absolute Gasteiger partial charge is 0.0642 e. The molecule has 0 unspecified atom stereocenters. The lowest BCUT2D eigenvalue weighted by Crippen LogP contribution is -2.32. The van der Waals surface area contributed by atoms with Crippen molar-refractivity contribution < 1.29 is 0 Å². The van der Waals surface area contributed by atoms with Crippen LogP contribution in [0.4, 0.5) is 5.69 Å². The summed E-state index contributed by atoms with van der Waals surface area (Å²) in [4.78, 5) is 2.42. The minimum absolute atomic E-state index is 0.854. The van der Waals surface area contributed by atoms with E-state index >= 15 is 0 Å². The molecule has 0 bridgehead atoms. The quantitative estimate of drug-likeness (QED) is 0.818. The summed E-state index contributed by atoms with van der Waals surface area (Å²) in [6.07, 6.45) is 3.71. The second-order valence-corrected chi connectivity index (χ2v) is 6.04. The van der Waals surface area contributed by atoms with Gasteiger partial charge in [-0.2, -0.15) is 0 Å². The van der Waals surface area contributed by atoms with E-state index in [1.807, 2.05) is 0 Å². The van der Waals surface area contributed by atoms with E-state index in [4.69, 9.17) is 11.6 Å². The van der Waals surface area contributed by atoms with Crippen molar-refractivity contribution in [3.8, 4) is 0 Å². The van der Waals surface area contributed by atoms with Crippen LogP contribution in [0.15, 0.2) is 18.2 Å². The van der Waals surface area contributed by atoms with Crippen molar-refractivity contribution in [3.05, 3.63) is 28.8 Å². The molecule has 0 atom stereocenters. The van der Waals surface area contributed by atoms with Gasteiger partial charge in [0, 0.05) is 19.6 Å². The Labute approximate surface area is 122 Å². The molecule has 1 fully saturated rings. The lowest BCUT2D eigenvalue weighted by atomic mass is 9.98.